The van der Waals surface area contributed by atoms with E-state index in [-0.39, 0.29) is 5.88 Å². The quantitative estimate of drug-likeness (QED) is 0.648. The predicted octanol–water partition coefficient (Wildman–Crippen LogP) is 2.37. The highest BCUT2D eigenvalue weighted by atomic mass is 32.1. The van der Waals surface area contributed by atoms with Crippen LogP contribution < -0.4 is 4.74 Å². The van der Waals surface area contributed by atoms with E-state index in [1.807, 2.05) is 17.5 Å². The van der Waals surface area contributed by atoms with Crippen LogP contribution in [0, 0.1) is 10.1 Å². The Kier molecular flexibility index (Phi) is 4.26. The van der Waals surface area contributed by atoms with Gasteiger partial charge in [-0.3, -0.25) is 10.1 Å². The largest absolute Gasteiger partial charge is 0.477 e. The van der Waals surface area contributed by atoms with Crippen LogP contribution in [0.15, 0.2) is 29.8 Å². The molecule has 2 aromatic rings. The number of nitro groups is 1. The van der Waals surface area contributed by atoms with E-state index in [0.29, 0.717) is 13.0 Å². The molecule has 0 amide bonds. The molecule has 0 aromatic carbocycles. The van der Waals surface area contributed by atoms with Gasteiger partial charge in [0, 0.05) is 17.4 Å². The van der Waals surface area contributed by atoms with Crippen molar-refractivity contribution in [3.63, 3.8) is 0 Å². The van der Waals surface area contributed by atoms with Gasteiger partial charge in [0.15, 0.2) is 0 Å². The summed E-state index contributed by atoms with van der Waals surface area (Å²) < 4.78 is 5.31. The van der Waals surface area contributed by atoms with Crippen LogP contribution in [0.3, 0.4) is 0 Å². The van der Waals surface area contributed by atoms with E-state index in [9.17, 15) is 14.9 Å². The third-order valence-electron chi connectivity index (χ3n) is 2.46. The number of nitrogens with zero attached hydrogens (tertiary/aromatic N) is 2. The van der Waals surface area contributed by atoms with Crippen LogP contribution in [-0.4, -0.2) is 27.6 Å². The SMILES string of the molecule is O=C(O)c1cc(OCCc2cccs2)ncc1[N+](=O)[O-]. The van der Waals surface area contributed by atoms with Gasteiger partial charge >= 0.3 is 11.7 Å². The van der Waals surface area contributed by atoms with Crippen molar-refractivity contribution in [2.45, 2.75) is 6.42 Å². The normalized spacial score (nSPS) is 10.2. The van der Waals surface area contributed by atoms with Crippen LogP contribution in [0.5, 0.6) is 5.88 Å². The van der Waals surface area contributed by atoms with Crippen LogP contribution in [-0.2, 0) is 6.42 Å². The van der Waals surface area contributed by atoms with E-state index < -0.39 is 22.1 Å². The van der Waals surface area contributed by atoms with Gasteiger partial charge in [-0.15, -0.1) is 11.3 Å². The number of ether oxygens (including phenoxy) is 1. The molecule has 8 heteroatoms. The van der Waals surface area contributed by atoms with Crippen molar-refractivity contribution in [1.29, 1.82) is 0 Å². The number of thiophene rings is 1. The van der Waals surface area contributed by atoms with Crippen LogP contribution in [0.25, 0.3) is 0 Å². The molecule has 0 saturated carbocycles. The zero-order valence-corrected chi connectivity index (χ0v) is 11.0. The van der Waals surface area contributed by atoms with E-state index in [0.717, 1.165) is 17.1 Å². The first-order chi connectivity index (χ1) is 9.58. The second kappa shape index (κ2) is 6.11. The van der Waals surface area contributed by atoms with E-state index in [4.69, 9.17) is 9.84 Å². The molecule has 1 N–H and O–H groups in total. The minimum Gasteiger partial charge on any atom is -0.477 e. The number of hydrogen-bond acceptors (Lipinski definition) is 6. The number of aromatic nitrogens is 1. The molecule has 0 bridgehead atoms. The fourth-order valence-electron chi connectivity index (χ4n) is 1.54. The minimum atomic E-state index is -1.39. The van der Waals surface area contributed by atoms with E-state index >= 15 is 0 Å². The average Bonchev–Trinajstić information content (AvgIpc) is 2.91. The predicted molar refractivity (Wildman–Crippen MR) is 71.4 cm³/mol. The Balaban J connectivity index is 2.07. The molecule has 0 atom stereocenters. The van der Waals surface area contributed by atoms with Crippen molar-refractivity contribution in [2.24, 2.45) is 0 Å². The molecule has 0 fully saturated rings. The number of carbonyl (C=O) groups is 1. The first-order valence-corrected chi connectivity index (χ1v) is 6.49. The zero-order valence-electron chi connectivity index (χ0n) is 10.2. The summed E-state index contributed by atoms with van der Waals surface area (Å²) in [5.74, 6) is -1.33. The minimum absolute atomic E-state index is 0.0598. The molecule has 0 radical (unpaired) electrons. The molecule has 0 spiro atoms. The van der Waals surface area contributed by atoms with Crippen molar-refractivity contribution in [2.75, 3.05) is 6.61 Å². The van der Waals surface area contributed by atoms with Gasteiger partial charge in [-0.1, -0.05) is 6.07 Å². The van der Waals surface area contributed by atoms with Crippen molar-refractivity contribution in [3.05, 3.63) is 50.3 Å². The molecule has 2 rings (SSSR count). The topological polar surface area (TPSA) is 103 Å². The lowest BCUT2D eigenvalue weighted by Crippen LogP contribution is -2.06. The smallest absolute Gasteiger partial charge is 0.342 e. The van der Waals surface area contributed by atoms with Gasteiger partial charge in [0.2, 0.25) is 5.88 Å². The Hall–Kier alpha value is -2.48. The van der Waals surface area contributed by atoms with Gasteiger partial charge < -0.3 is 9.84 Å². The third kappa shape index (κ3) is 3.29. The number of aromatic carboxylic acids is 1. The molecule has 0 aliphatic carbocycles. The standard InChI is InChI=1S/C12H10N2O5S/c15-12(16)9-6-11(13-7-10(9)14(17)18)19-4-3-8-2-1-5-20-8/h1-2,5-7H,3-4H2,(H,15,16). The van der Waals surface area contributed by atoms with Gasteiger partial charge in [-0.25, -0.2) is 9.78 Å². The summed E-state index contributed by atoms with van der Waals surface area (Å²) in [4.78, 5) is 25.7. The fourth-order valence-corrected chi connectivity index (χ4v) is 2.23. The van der Waals surface area contributed by atoms with Gasteiger partial charge in [0.05, 0.1) is 11.5 Å². The molecule has 0 saturated heterocycles. The second-order valence-electron chi connectivity index (χ2n) is 3.78. The molecule has 104 valence electrons. The molecule has 20 heavy (non-hydrogen) atoms. The van der Waals surface area contributed by atoms with Crippen molar-refractivity contribution < 1.29 is 19.6 Å². The maximum atomic E-state index is 11.0. The second-order valence-corrected chi connectivity index (χ2v) is 4.81. The van der Waals surface area contributed by atoms with Crippen LogP contribution in [0.4, 0.5) is 5.69 Å². The maximum Gasteiger partial charge on any atom is 0.342 e. The average molecular weight is 294 g/mol. The molecule has 0 aliphatic rings. The molecular formula is C12H10N2O5S. The van der Waals surface area contributed by atoms with Gasteiger partial charge in [-0.2, -0.15) is 0 Å². The Morgan fingerprint density at radius 3 is 2.95 bits per heavy atom. The third-order valence-corrected chi connectivity index (χ3v) is 3.40. The van der Waals surface area contributed by atoms with Gasteiger partial charge in [0.1, 0.15) is 11.8 Å². The lowest BCUT2D eigenvalue weighted by atomic mass is 10.2. The number of carboxylic acids is 1. The summed E-state index contributed by atoms with van der Waals surface area (Å²) in [7, 11) is 0. The summed E-state index contributed by atoms with van der Waals surface area (Å²) in [6, 6.07) is 4.95. The Bertz CT molecular complexity index is 627. The summed E-state index contributed by atoms with van der Waals surface area (Å²) in [6.07, 6.45) is 1.56. The molecule has 7 nitrogen and oxygen atoms in total. The van der Waals surface area contributed by atoms with Crippen LogP contribution in [0.1, 0.15) is 15.2 Å². The number of carboxylic acid groups (broad SMARTS) is 1. The highest BCUT2D eigenvalue weighted by molar-refractivity contribution is 7.09. The highest BCUT2D eigenvalue weighted by Crippen LogP contribution is 2.21. The fraction of sp³-hybridized carbons (Fsp3) is 0.167. The van der Waals surface area contributed by atoms with E-state index in [2.05, 4.69) is 4.98 Å². The summed E-state index contributed by atoms with van der Waals surface area (Å²) >= 11 is 1.59. The number of pyridine rings is 1. The highest BCUT2D eigenvalue weighted by Gasteiger charge is 2.21. The van der Waals surface area contributed by atoms with Crippen molar-refractivity contribution in [3.8, 4) is 5.88 Å². The Labute approximate surface area is 117 Å². The van der Waals surface area contributed by atoms with Crippen LogP contribution >= 0.6 is 11.3 Å². The monoisotopic (exact) mass is 294 g/mol. The van der Waals surface area contributed by atoms with Crippen molar-refractivity contribution in [1.82, 2.24) is 4.98 Å². The van der Waals surface area contributed by atoms with E-state index in [1.54, 1.807) is 11.3 Å². The summed E-state index contributed by atoms with van der Waals surface area (Å²) in [5, 5.41) is 21.5. The number of rotatable bonds is 6. The summed E-state index contributed by atoms with van der Waals surface area (Å²) in [6.45, 7) is 0.324. The molecular weight excluding hydrogens is 284 g/mol. The Morgan fingerprint density at radius 1 is 1.55 bits per heavy atom. The first kappa shape index (κ1) is 13.9. The first-order valence-electron chi connectivity index (χ1n) is 5.61. The Morgan fingerprint density at radius 2 is 2.35 bits per heavy atom. The number of hydrogen-bond donors (Lipinski definition) is 1. The molecule has 0 unspecified atom stereocenters. The van der Waals surface area contributed by atoms with Crippen molar-refractivity contribution >= 4 is 23.0 Å². The van der Waals surface area contributed by atoms with Gasteiger partial charge in [0.25, 0.3) is 0 Å². The molecule has 0 aliphatic heterocycles. The lowest BCUT2D eigenvalue weighted by molar-refractivity contribution is -0.385. The lowest BCUT2D eigenvalue weighted by Gasteiger charge is -2.05. The summed E-state index contributed by atoms with van der Waals surface area (Å²) in [5.41, 5.74) is -0.987. The van der Waals surface area contributed by atoms with E-state index in [1.165, 1.54) is 0 Å². The van der Waals surface area contributed by atoms with Crippen LogP contribution in [0.2, 0.25) is 0 Å². The maximum absolute atomic E-state index is 11.0. The zero-order chi connectivity index (χ0) is 14.5. The molecule has 2 aromatic heterocycles. The molecule has 2 heterocycles. The van der Waals surface area contributed by atoms with Gasteiger partial charge in [-0.05, 0) is 11.4 Å².